The zero-order chi connectivity index (χ0) is 13.8. The number of benzene rings is 1. The van der Waals surface area contributed by atoms with Crippen LogP contribution in [0.25, 0.3) is 11.5 Å². The smallest absolute Gasteiger partial charge is 0.265 e. The molecule has 0 aliphatic carbocycles. The Kier molecular flexibility index (Phi) is 4.31. The molecule has 0 fully saturated rings. The molecule has 0 bridgehead atoms. The van der Waals surface area contributed by atoms with Gasteiger partial charge in [-0.05, 0) is 18.6 Å². The molecule has 0 aliphatic rings. The average molecular weight is 280 g/mol. The fourth-order valence-electron chi connectivity index (χ4n) is 1.50. The standard InChI is InChI=1S/C13H16N2O3S/c1-3-8(2)19-7-11-14-13(18-15-11)12-9(16)5-4-6-10(12)17/h4-6,8,16-17H,3,7H2,1-2H3. The molecule has 1 aromatic heterocycles. The Bertz CT molecular complexity index is 536. The van der Waals surface area contributed by atoms with E-state index in [0.717, 1.165) is 6.42 Å². The Labute approximate surface area is 115 Å². The molecule has 2 N–H and O–H groups in total. The molecule has 1 atom stereocenters. The minimum Gasteiger partial charge on any atom is -0.507 e. The number of hydrogen-bond acceptors (Lipinski definition) is 6. The van der Waals surface area contributed by atoms with Crippen molar-refractivity contribution in [2.75, 3.05) is 0 Å². The Morgan fingerprint density at radius 2 is 2.00 bits per heavy atom. The summed E-state index contributed by atoms with van der Waals surface area (Å²) in [5.41, 5.74) is 0.176. The molecule has 1 heterocycles. The van der Waals surface area contributed by atoms with Gasteiger partial charge in [0.05, 0.1) is 5.75 Å². The third-order valence-corrected chi connectivity index (χ3v) is 4.10. The number of phenols is 2. The van der Waals surface area contributed by atoms with E-state index in [1.807, 2.05) is 0 Å². The van der Waals surface area contributed by atoms with Crippen LogP contribution in [0.2, 0.25) is 0 Å². The number of phenolic OH excluding ortho intramolecular Hbond substituents is 2. The molecule has 0 spiro atoms. The van der Waals surface area contributed by atoms with Gasteiger partial charge in [0.2, 0.25) is 0 Å². The van der Waals surface area contributed by atoms with Crippen LogP contribution in [0, 0.1) is 0 Å². The molecule has 2 aromatic rings. The van der Waals surface area contributed by atoms with Crippen LogP contribution in [0.15, 0.2) is 22.7 Å². The summed E-state index contributed by atoms with van der Waals surface area (Å²) in [6.45, 7) is 4.26. The highest BCUT2D eigenvalue weighted by Gasteiger charge is 2.17. The molecule has 0 aliphatic heterocycles. The Morgan fingerprint density at radius 3 is 2.63 bits per heavy atom. The molecule has 2 rings (SSSR count). The van der Waals surface area contributed by atoms with E-state index in [4.69, 9.17) is 4.52 Å². The van der Waals surface area contributed by atoms with Gasteiger partial charge in [0.1, 0.15) is 17.1 Å². The monoisotopic (exact) mass is 280 g/mol. The first-order valence-corrected chi connectivity index (χ1v) is 7.12. The molecular weight excluding hydrogens is 264 g/mol. The highest BCUT2D eigenvalue weighted by atomic mass is 32.2. The number of nitrogens with zero attached hydrogens (tertiary/aromatic N) is 2. The molecule has 102 valence electrons. The van der Waals surface area contributed by atoms with E-state index in [-0.39, 0.29) is 23.0 Å². The molecule has 0 radical (unpaired) electrons. The van der Waals surface area contributed by atoms with Crippen LogP contribution in [0.5, 0.6) is 11.5 Å². The van der Waals surface area contributed by atoms with Gasteiger partial charge >= 0.3 is 0 Å². The van der Waals surface area contributed by atoms with Crippen molar-refractivity contribution in [3.05, 3.63) is 24.0 Å². The molecule has 0 saturated heterocycles. The van der Waals surface area contributed by atoms with E-state index < -0.39 is 0 Å². The number of hydrogen-bond donors (Lipinski definition) is 2. The van der Waals surface area contributed by atoms with Crippen molar-refractivity contribution in [1.82, 2.24) is 10.1 Å². The van der Waals surface area contributed by atoms with E-state index >= 15 is 0 Å². The highest BCUT2D eigenvalue weighted by Crippen LogP contribution is 2.35. The van der Waals surface area contributed by atoms with Gasteiger partial charge in [-0.1, -0.05) is 25.1 Å². The maximum Gasteiger partial charge on any atom is 0.265 e. The summed E-state index contributed by atoms with van der Waals surface area (Å²) in [5, 5.41) is 23.8. The summed E-state index contributed by atoms with van der Waals surface area (Å²) in [7, 11) is 0. The molecule has 19 heavy (non-hydrogen) atoms. The van der Waals surface area contributed by atoms with Gasteiger partial charge in [0.25, 0.3) is 5.89 Å². The predicted octanol–water partition coefficient (Wildman–Crippen LogP) is 3.18. The van der Waals surface area contributed by atoms with Crippen LogP contribution in [-0.2, 0) is 5.75 Å². The number of rotatable bonds is 5. The average Bonchev–Trinajstić information content (AvgIpc) is 2.84. The van der Waals surface area contributed by atoms with Gasteiger partial charge in [0.15, 0.2) is 5.82 Å². The van der Waals surface area contributed by atoms with E-state index in [0.29, 0.717) is 16.8 Å². The maximum absolute atomic E-state index is 9.72. The lowest BCUT2D eigenvalue weighted by atomic mass is 10.2. The van der Waals surface area contributed by atoms with E-state index in [1.165, 1.54) is 12.1 Å². The van der Waals surface area contributed by atoms with Gasteiger partial charge in [0, 0.05) is 5.25 Å². The van der Waals surface area contributed by atoms with Crippen molar-refractivity contribution >= 4 is 11.8 Å². The van der Waals surface area contributed by atoms with E-state index in [1.54, 1.807) is 17.8 Å². The minimum atomic E-state index is -0.0789. The van der Waals surface area contributed by atoms with Crippen molar-refractivity contribution in [2.24, 2.45) is 0 Å². The zero-order valence-electron chi connectivity index (χ0n) is 10.8. The molecule has 0 amide bonds. The van der Waals surface area contributed by atoms with Gasteiger partial charge in [-0.15, -0.1) is 0 Å². The Morgan fingerprint density at radius 1 is 1.32 bits per heavy atom. The van der Waals surface area contributed by atoms with Gasteiger partial charge in [-0.2, -0.15) is 16.7 Å². The number of aromatic hydroxyl groups is 2. The number of thioether (sulfide) groups is 1. The first kappa shape index (κ1) is 13.7. The fraction of sp³-hybridized carbons (Fsp3) is 0.385. The second-order valence-corrected chi connectivity index (χ2v) is 5.64. The predicted molar refractivity (Wildman–Crippen MR) is 74.1 cm³/mol. The highest BCUT2D eigenvalue weighted by molar-refractivity contribution is 7.99. The van der Waals surface area contributed by atoms with Crippen molar-refractivity contribution in [1.29, 1.82) is 0 Å². The first-order valence-electron chi connectivity index (χ1n) is 6.07. The van der Waals surface area contributed by atoms with Crippen molar-refractivity contribution in [3.8, 4) is 23.0 Å². The summed E-state index contributed by atoms with van der Waals surface area (Å²) < 4.78 is 5.08. The molecule has 5 nitrogen and oxygen atoms in total. The summed E-state index contributed by atoms with van der Waals surface area (Å²) in [6, 6.07) is 4.48. The Hall–Kier alpha value is -1.69. The normalized spacial score (nSPS) is 12.5. The van der Waals surface area contributed by atoms with Crippen LogP contribution >= 0.6 is 11.8 Å². The lowest BCUT2D eigenvalue weighted by Gasteiger charge is -2.04. The lowest BCUT2D eigenvalue weighted by molar-refractivity contribution is 0.411. The molecule has 1 unspecified atom stereocenters. The fourth-order valence-corrected chi connectivity index (χ4v) is 2.28. The van der Waals surface area contributed by atoms with Crippen LogP contribution in [0.4, 0.5) is 0 Å². The summed E-state index contributed by atoms with van der Waals surface area (Å²) in [4.78, 5) is 4.19. The zero-order valence-corrected chi connectivity index (χ0v) is 11.6. The third kappa shape index (κ3) is 3.20. The lowest BCUT2D eigenvalue weighted by Crippen LogP contribution is -1.94. The van der Waals surface area contributed by atoms with Crippen LogP contribution < -0.4 is 0 Å². The van der Waals surface area contributed by atoms with Crippen LogP contribution in [0.3, 0.4) is 0 Å². The maximum atomic E-state index is 9.72. The third-order valence-electron chi connectivity index (χ3n) is 2.77. The minimum absolute atomic E-state index is 0.0789. The summed E-state index contributed by atoms with van der Waals surface area (Å²) >= 11 is 1.74. The van der Waals surface area contributed by atoms with Gasteiger partial charge < -0.3 is 14.7 Å². The Balaban J connectivity index is 2.17. The molecule has 1 aromatic carbocycles. The van der Waals surface area contributed by atoms with Crippen LogP contribution in [-0.4, -0.2) is 25.6 Å². The topological polar surface area (TPSA) is 79.4 Å². The molecular formula is C13H16N2O3S. The number of aromatic nitrogens is 2. The second-order valence-electron chi connectivity index (χ2n) is 4.22. The quantitative estimate of drug-likeness (QED) is 0.875. The van der Waals surface area contributed by atoms with Crippen molar-refractivity contribution in [2.45, 2.75) is 31.3 Å². The van der Waals surface area contributed by atoms with Gasteiger partial charge in [-0.25, -0.2) is 0 Å². The molecule has 6 heteroatoms. The SMILES string of the molecule is CCC(C)SCc1noc(-c2c(O)cccc2O)n1. The first-order chi connectivity index (χ1) is 9.11. The molecule has 0 saturated carbocycles. The van der Waals surface area contributed by atoms with Gasteiger partial charge in [-0.3, -0.25) is 0 Å². The van der Waals surface area contributed by atoms with Crippen LogP contribution in [0.1, 0.15) is 26.1 Å². The summed E-state index contributed by atoms with van der Waals surface area (Å²) in [6.07, 6.45) is 1.08. The second kappa shape index (κ2) is 5.97. The van der Waals surface area contributed by atoms with Crippen molar-refractivity contribution in [3.63, 3.8) is 0 Å². The summed E-state index contributed by atoms with van der Waals surface area (Å²) in [5.74, 6) is 1.18. The van der Waals surface area contributed by atoms with E-state index in [2.05, 4.69) is 24.0 Å². The largest absolute Gasteiger partial charge is 0.507 e. The van der Waals surface area contributed by atoms with Crippen molar-refractivity contribution < 1.29 is 14.7 Å². The van der Waals surface area contributed by atoms with E-state index in [9.17, 15) is 10.2 Å².